The average molecular weight is 391 g/mol. The first-order valence-electron chi connectivity index (χ1n) is 7.32. The van der Waals surface area contributed by atoms with E-state index in [9.17, 15) is 8.68 Å². The molecule has 0 aromatic heterocycles. The van der Waals surface area contributed by atoms with Gasteiger partial charge < -0.3 is 27.7 Å². The fraction of sp³-hybridized carbons (Fsp3) is 0.562. The van der Waals surface area contributed by atoms with Crippen LogP contribution in [0.3, 0.4) is 0 Å². The van der Waals surface area contributed by atoms with Crippen molar-refractivity contribution in [1.82, 2.24) is 0 Å². The molecule has 150 valence electrons. The number of carbonyl (C=O) groups is 1. The molecule has 0 aliphatic heterocycles. The van der Waals surface area contributed by atoms with Gasteiger partial charge in [-0.2, -0.15) is 0 Å². The first-order valence-corrected chi connectivity index (χ1v) is 7.96. The number of benzene rings is 1. The van der Waals surface area contributed by atoms with Gasteiger partial charge in [0.05, 0.1) is 5.92 Å². The second-order valence-corrected chi connectivity index (χ2v) is 5.80. The first-order chi connectivity index (χ1) is 9.74. The summed E-state index contributed by atoms with van der Waals surface area (Å²) in [5, 5.41) is 0. The van der Waals surface area contributed by atoms with Crippen LogP contribution in [-0.2, 0) is 15.4 Å². The second kappa shape index (κ2) is 16.1. The maximum Gasteiger partial charge on any atom is 0.323 e. The van der Waals surface area contributed by atoms with Gasteiger partial charge in [-0.3, -0.25) is 4.79 Å². The largest absolute Gasteiger partial charge is 1.00 e. The molecule has 1 aliphatic rings. The second-order valence-electron chi connectivity index (χ2n) is 5.51. The molecule has 1 aromatic rings. The van der Waals surface area contributed by atoms with E-state index in [-0.39, 0.29) is 41.9 Å². The quantitative estimate of drug-likeness (QED) is 0.369. The zero-order valence-corrected chi connectivity index (χ0v) is 14.5. The van der Waals surface area contributed by atoms with Gasteiger partial charge in [-0.05, 0) is 49.1 Å². The summed E-state index contributed by atoms with van der Waals surface area (Å²) >= 11 is -0.343. The molecule has 1 aliphatic carbocycles. The standard InChI is InChI=1S/C16H21FO2S.5FH/c1-2-3-12-4-6-13(7-5-12)14-8-10-15(11-9-14)16(18)19-20-17;;;;;/h4-7,14-15H,2-3,8-11H2,1H3;5*1H/p-5. The van der Waals surface area contributed by atoms with Crippen LogP contribution < -0.4 is 23.5 Å². The van der Waals surface area contributed by atoms with Crippen LogP contribution in [0.1, 0.15) is 56.1 Å². The Balaban J connectivity index is -0.000000441. The molecule has 1 aromatic carbocycles. The van der Waals surface area contributed by atoms with E-state index < -0.39 is 5.97 Å². The molecular formula is C16H21F6O2S-5. The Morgan fingerprint density at radius 1 is 1.04 bits per heavy atom. The predicted octanol–water partition coefficient (Wildman–Crippen LogP) is -9.99. The Morgan fingerprint density at radius 3 is 2.00 bits per heavy atom. The maximum absolute atomic E-state index is 11.9. The van der Waals surface area contributed by atoms with Gasteiger partial charge in [0.1, 0.15) is 0 Å². The molecule has 0 spiro atoms. The average Bonchev–Trinajstić information content (AvgIpc) is 2.49. The van der Waals surface area contributed by atoms with Crippen LogP contribution in [0, 0.1) is 5.92 Å². The Bertz CT molecular complexity index is 439. The number of hydrogen-bond donors (Lipinski definition) is 0. The normalized spacial score (nSPS) is 18.0. The van der Waals surface area contributed by atoms with Crippen LogP contribution in [0.25, 0.3) is 0 Å². The molecule has 0 amide bonds. The van der Waals surface area contributed by atoms with Crippen molar-refractivity contribution < 1.29 is 36.4 Å². The number of aryl methyl sites for hydroxylation is 1. The van der Waals surface area contributed by atoms with Crippen LogP contribution in [0.4, 0.5) is 3.89 Å². The van der Waals surface area contributed by atoms with Crippen LogP contribution in [0.15, 0.2) is 24.3 Å². The molecule has 9 heteroatoms. The van der Waals surface area contributed by atoms with E-state index in [4.69, 9.17) is 0 Å². The fourth-order valence-corrected chi connectivity index (χ4v) is 3.20. The van der Waals surface area contributed by atoms with Gasteiger partial charge in [-0.1, -0.05) is 37.6 Å². The topological polar surface area (TPSA) is 26.3 Å². The minimum atomic E-state index is -0.408. The molecule has 0 saturated heterocycles. The number of hydrogen-bond acceptors (Lipinski definition) is 3. The van der Waals surface area contributed by atoms with Gasteiger partial charge in [0.15, 0.2) is 0 Å². The Kier molecular flexibility index (Phi) is 20.2. The molecule has 0 radical (unpaired) electrons. The lowest BCUT2D eigenvalue weighted by atomic mass is 9.78. The van der Waals surface area contributed by atoms with Crippen molar-refractivity contribution in [3.63, 3.8) is 0 Å². The minimum Gasteiger partial charge on any atom is -1.00 e. The predicted molar refractivity (Wildman–Crippen MR) is 79.9 cm³/mol. The molecule has 2 nitrogen and oxygen atoms in total. The Morgan fingerprint density at radius 2 is 1.56 bits per heavy atom. The third-order valence-electron chi connectivity index (χ3n) is 4.16. The van der Waals surface area contributed by atoms with E-state index in [0.717, 1.165) is 32.1 Å². The molecule has 0 heterocycles. The number of halogens is 6. The summed E-state index contributed by atoms with van der Waals surface area (Å²) in [6, 6.07) is 8.84. The smallest absolute Gasteiger partial charge is 0.323 e. The van der Waals surface area contributed by atoms with Crippen LogP contribution >= 0.6 is 12.4 Å². The third-order valence-corrected chi connectivity index (χ3v) is 4.39. The van der Waals surface area contributed by atoms with Crippen molar-refractivity contribution in [3.8, 4) is 0 Å². The van der Waals surface area contributed by atoms with Crippen molar-refractivity contribution >= 4 is 18.4 Å². The van der Waals surface area contributed by atoms with Crippen LogP contribution in [0.5, 0.6) is 0 Å². The Hall–Kier alpha value is -1.38. The van der Waals surface area contributed by atoms with Crippen molar-refractivity contribution in [1.29, 1.82) is 0 Å². The number of rotatable bonds is 5. The highest BCUT2D eigenvalue weighted by atomic mass is 32.2. The first kappa shape index (κ1) is 31.4. The summed E-state index contributed by atoms with van der Waals surface area (Å²) in [4.78, 5) is 11.5. The lowest BCUT2D eigenvalue weighted by Gasteiger charge is -2.27. The van der Waals surface area contributed by atoms with E-state index in [1.54, 1.807) is 0 Å². The summed E-state index contributed by atoms with van der Waals surface area (Å²) < 4.78 is 16.3. The van der Waals surface area contributed by atoms with Crippen molar-refractivity contribution in [2.45, 2.75) is 51.4 Å². The molecule has 25 heavy (non-hydrogen) atoms. The summed E-state index contributed by atoms with van der Waals surface area (Å²) in [6.07, 6.45) is 5.83. The van der Waals surface area contributed by atoms with Crippen LogP contribution in [-0.4, -0.2) is 5.97 Å². The van der Waals surface area contributed by atoms with Gasteiger partial charge in [0, 0.05) is 0 Å². The molecule has 0 N–H and O–H groups in total. The van der Waals surface area contributed by atoms with Crippen molar-refractivity contribution in [3.05, 3.63) is 35.4 Å². The van der Waals surface area contributed by atoms with E-state index in [2.05, 4.69) is 35.4 Å². The fourth-order valence-electron chi connectivity index (χ4n) is 3.01. The molecule has 0 unspecified atom stereocenters. The maximum atomic E-state index is 11.9. The van der Waals surface area contributed by atoms with Gasteiger partial charge >= 0.3 is 5.97 Å². The highest BCUT2D eigenvalue weighted by Gasteiger charge is 2.28. The van der Waals surface area contributed by atoms with Crippen molar-refractivity contribution in [2.75, 3.05) is 0 Å². The zero-order chi connectivity index (χ0) is 14.4. The van der Waals surface area contributed by atoms with Gasteiger partial charge in [-0.25, -0.2) is 0 Å². The highest BCUT2D eigenvalue weighted by molar-refractivity contribution is 7.89. The highest BCUT2D eigenvalue weighted by Crippen LogP contribution is 2.36. The summed E-state index contributed by atoms with van der Waals surface area (Å²) in [7, 11) is 0. The number of carbonyl (C=O) groups excluding carboxylic acids is 1. The van der Waals surface area contributed by atoms with E-state index in [1.807, 2.05) is 0 Å². The van der Waals surface area contributed by atoms with Crippen LogP contribution in [0.2, 0.25) is 0 Å². The van der Waals surface area contributed by atoms with Crippen molar-refractivity contribution in [2.24, 2.45) is 5.92 Å². The van der Waals surface area contributed by atoms with Gasteiger partial charge in [0.2, 0.25) is 0 Å². The van der Waals surface area contributed by atoms with Gasteiger partial charge in [-0.15, -0.1) is 3.89 Å². The summed E-state index contributed by atoms with van der Waals surface area (Å²) in [5.41, 5.74) is 2.74. The Labute approximate surface area is 148 Å². The molecule has 0 bridgehead atoms. The summed E-state index contributed by atoms with van der Waals surface area (Å²) in [5.74, 6) is -0.0177. The molecule has 1 saturated carbocycles. The minimum absolute atomic E-state index is 0. The van der Waals surface area contributed by atoms with E-state index in [0.29, 0.717) is 5.92 Å². The monoisotopic (exact) mass is 391 g/mol. The van der Waals surface area contributed by atoms with E-state index >= 15 is 0 Å². The van der Waals surface area contributed by atoms with Gasteiger partial charge in [0.25, 0.3) is 12.4 Å². The molecule has 2 rings (SSSR count). The summed E-state index contributed by atoms with van der Waals surface area (Å²) in [6.45, 7) is 2.18. The van der Waals surface area contributed by atoms with E-state index in [1.165, 1.54) is 17.5 Å². The SMILES string of the molecule is CCCc1ccc(C2CCC(C(=O)OSF)CC2)cc1.[F-].[F-].[F-].[F-].[F-]. The molecule has 0 atom stereocenters. The lowest BCUT2D eigenvalue weighted by Crippen LogP contribution is -3.00. The lowest BCUT2D eigenvalue weighted by molar-refractivity contribution is -0.138. The third kappa shape index (κ3) is 9.04. The molecular weight excluding hydrogens is 370 g/mol. The molecule has 1 fully saturated rings. The zero-order valence-electron chi connectivity index (χ0n) is 13.7.